The minimum atomic E-state index is -0.490. The number of carbonyl (C=O) groups excluding carboxylic acids is 1. The number of amides is 1. The molecule has 2 rings (SSSR count). The lowest BCUT2D eigenvalue weighted by Gasteiger charge is -2.21. The fourth-order valence-electron chi connectivity index (χ4n) is 5.04. The summed E-state index contributed by atoms with van der Waals surface area (Å²) in [7, 11) is 1.50. The topological polar surface area (TPSA) is 20.3 Å². The van der Waals surface area contributed by atoms with E-state index < -0.39 is 7.92 Å². The van der Waals surface area contributed by atoms with Crippen molar-refractivity contribution in [3.8, 4) is 0 Å². The van der Waals surface area contributed by atoms with Crippen LogP contribution in [0.4, 0.5) is 0 Å². The van der Waals surface area contributed by atoms with Crippen LogP contribution in [0.2, 0.25) is 0 Å². The first kappa shape index (κ1) is 31.6. The lowest BCUT2D eigenvalue weighted by atomic mass is 10.0. The first-order chi connectivity index (χ1) is 18.2. The average Bonchev–Trinajstić information content (AvgIpc) is 2.94. The van der Waals surface area contributed by atoms with Crippen molar-refractivity contribution < 1.29 is 4.79 Å². The van der Waals surface area contributed by atoms with Gasteiger partial charge in [-0.2, -0.15) is 0 Å². The molecule has 0 fully saturated rings. The molecule has 2 aromatic carbocycles. The molecule has 0 N–H and O–H groups in total. The summed E-state index contributed by atoms with van der Waals surface area (Å²) in [6, 6.07) is 21.4. The lowest BCUT2D eigenvalue weighted by molar-refractivity contribution is -0.129. The Kier molecular flexibility index (Phi) is 18.2. The van der Waals surface area contributed by atoms with Gasteiger partial charge in [-0.25, -0.2) is 0 Å². The van der Waals surface area contributed by atoms with Gasteiger partial charge in [0.05, 0.1) is 0 Å². The van der Waals surface area contributed by atoms with Crippen molar-refractivity contribution in [3.05, 3.63) is 60.7 Å². The minimum Gasteiger partial charge on any atom is -0.346 e. The van der Waals surface area contributed by atoms with Gasteiger partial charge < -0.3 is 4.90 Å². The van der Waals surface area contributed by atoms with Gasteiger partial charge >= 0.3 is 0 Å². The summed E-state index contributed by atoms with van der Waals surface area (Å²) in [4.78, 5) is 14.8. The Balaban J connectivity index is 1.48. The van der Waals surface area contributed by atoms with Gasteiger partial charge in [0.15, 0.2) is 0 Å². The smallest absolute Gasteiger partial charge is 0.222 e. The van der Waals surface area contributed by atoms with Gasteiger partial charge in [-0.15, -0.1) is 0 Å². The third kappa shape index (κ3) is 14.8. The zero-order valence-corrected chi connectivity index (χ0v) is 24.9. The Morgan fingerprint density at radius 3 is 1.38 bits per heavy atom. The lowest BCUT2D eigenvalue weighted by Crippen LogP contribution is -2.29. The Bertz CT molecular complexity index is 754. The zero-order valence-electron chi connectivity index (χ0n) is 24.0. The third-order valence-electron chi connectivity index (χ3n) is 7.46. The van der Waals surface area contributed by atoms with Crippen molar-refractivity contribution in [2.24, 2.45) is 0 Å². The first-order valence-corrected chi connectivity index (χ1v) is 16.9. The Morgan fingerprint density at radius 1 is 0.595 bits per heavy atom. The van der Waals surface area contributed by atoms with Crippen LogP contribution < -0.4 is 10.6 Å². The molecule has 0 bridgehead atoms. The molecule has 0 spiro atoms. The molecule has 206 valence electrons. The summed E-state index contributed by atoms with van der Waals surface area (Å²) >= 11 is 0. The van der Waals surface area contributed by atoms with E-state index in [4.69, 9.17) is 0 Å². The average molecular weight is 524 g/mol. The number of nitrogens with zero attached hydrogens (tertiary/aromatic N) is 1. The summed E-state index contributed by atoms with van der Waals surface area (Å²) < 4.78 is 0. The molecule has 1 amide bonds. The van der Waals surface area contributed by atoms with E-state index in [1.165, 1.54) is 107 Å². The van der Waals surface area contributed by atoms with Crippen LogP contribution in [0.5, 0.6) is 0 Å². The molecule has 0 atom stereocenters. The quantitative estimate of drug-likeness (QED) is 0.111. The number of hydrogen-bond acceptors (Lipinski definition) is 1. The highest BCUT2D eigenvalue weighted by Crippen LogP contribution is 2.34. The molecule has 0 saturated carbocycles. The Labute approximate surface area is 230 Å². The minimum absolute atomic E-state index is 0.292. The van der Waals surface area contributed by atoms with Gasteiger partial charge in [-0.05, 0) is 31.1 Å². The number of hydrogen-bond donors (Lipinski definition) is 0. The highest BCUT2D eigenvalue weighted by molar-refractivity contribution is 7.73. The fourth-order valence-corrected chi connectivity index (χ4v) is 7.34. The second-order valence-electron chi connectivity index (χ2n) is 10.7. The van der Waals surface area contributed by atoms with Gasteiger partial charge in [0.1, 0.15) is 0 Å². The molecule has 0 unspecified atom stereocenters. The van der Waals surface area contributed by atoms with Crippen molar-refractivity contribution in [1.29, 1.82) is 0 Å². The number of unbranched alkanes of at least 4 members (excludes halogenated alkanes) is 15. The molecule has 2 nitrogen and oxygen atoms in total. The highest BCUT2D eigenvalue weighted by Gasteiger charge is 2.17. The van der Waals surface area contributed by atoms with E-state index in [-0.39, 0.29) is 0 Å². The standard InChI is InChI=1S/C34H54NOP/c1-3-4-5-6-7-8-9-10-11-12-13-14-15-16-17-24-30-35(2)34(36)29-31-37(32-25-20-18-21-26-32)33-27-22-19-23-28-33/h18-23,25-28H,3-17,24,29-31H2,1-2H3. The summed E-state index contributed by atoms with van der Waals surface area (Å²) in [6.07, 6.45) is 23.7. The van der Waals surface area contributed by atoms with Crippen LogP contribution in [0.25, 0.3) is 0 Å². The Hall–Kier alpha value is -1.66. The zero-order chi connectivity index (χ0) is 26.4. The van der Waals surface area contributed by atoms with Crippen molar-refractivity contribution >= 4 is 24.4 Å². The summed E-state index contributed by atoms with van der Waals surface area (Å²) in [5.74, 6) is 0.292. The van der Waals surface area contributed by atoms with Crippen molar-refractivity contribution in [1.82, 2.24) is 4.90 Å². The molecular weight excluding hydrogens is 469 g/mol. The number of benzene rings is 2. The summed E-state index contributed by atoms with van der Waals surface area (Å²) in [5.41, 5.74) is 0. The fraction of sp³-hybridized carbons (Fsp3) is 0.618. The maximum Gasteiger partial charge on any atom is 0.222 e. The van der Waals surface area contributed by atoms with E-state index >= 15 is 0 Å². The maximum absolute atomic E-state index is 12.8. The molecule has 0 saturated heterocycles. The van der Waals surface area contributed by atoms with Crippen LogP contribution in [-0.4, -0.2) is 30.6 Å². The molecular formula is C34H54NOP. The van der Waals surface area contributed by atoms with Gasteiger partial charge in [-0.1, -0.05) is 164 Å². The molecule has 0 aliphatic carbocycles. The van der Waals surface area contributed by atoms with Crippen LogP contribution in [0.15, 0.2) is 60.7 Å². The second kappa shape index (κ2) is 21.3. The second-order valence-corrected chi connectivity index (χ2v) is 13.0. The van der Waals surface area contributed by atoms with Gasteiger partial charge in [-0.3, -0.25) is 4.79 Å². The first-order valence-electron chi connectivity index (χ1n) is 15.3. The van der Waals surface area contributed by atoms with Crippen LogP contribution in [0, 0.1) is 0 Å². The largest absolute Gasteiger partial charge is 0.346 e. The molecule has 37 heavy (non-hydrogen) atoms. The van der Waals surface area contributed by atoms with Gasteiger partial charge in [0, 0.05) is 20.0 Å². The van der Waals surface area contributed by atoms with Crippen LogP contribution in [-0.2, 0) is 4.79 Å². The molecule has 0 aliphatic rings. The third-order valence-corrected chi connectivity index (χ3v) is 9.97. The summed E-state index contributed by atoms with van der Waals surface area (Å²) in [5, 5.41) is 2.72. The van der Waals surface area contributed by atoms with Gasteiger partial charge in [0.25, 0.3) is 0 Å². The molecule has 0 heterocycles. The van der Waals surface area contributed by atoms with E-state index in [0.717, 1.165) is 19.1 Å². The van der Waals surface area contributed by atoms with Crippen LogP contribution >= 0.6 is 7.92 Å². The molecule has 0 aromatic heterocycles. The monoisotopic (exact) mass is 523 g/mol. The van der Waals surface area contributed by atoms with E-state index in [2.05, 4.69) is 67.6 Å². The normalized spacial score (nSPS) is 11.2. The predicted octanol–water partition coefficient (Wildman–Crippen LogP) is 9.23. The molecule has 3 heteroatoms. The van der Waals surface area contributed by atoms with Crippen molar-refractivity contribution in [2.75, 3.05) is 19.8 Å². The van der Waals surface area contributed by atoms with Crippen LogP contribution in [0.3, 0.4) is 0 Å². The van der Waals surface area contributed by atoms with Crippen molar-refractivity contribution in [2.45, 2.75) is 116 Å². The van der Waals surface area contributed by atoms with E-state index in [9.17, 15) is 4.79 Å². The van der Waals surface area contributed by atoms with Gasteiger partial charge in [0.2, 0.25) is 5.91 Å². The van der Waals surface area contributed by atoms with E-state index in [1.807, 2.05) is 11.9 Å². The number of rotatable bonds is 22. The molecule has 0 radical (unpaired) electrons. The van der Waals surface area contributed by atoms with Crippen molar-refractivity contribution in [3.63, 3.8) is 0 Å². The predicted molar refractivity (Wildman–Crippen MR) is 166 cm³/mol. The Morgan fingerprint density at radius 2 is 0.973 bits per heavy atom. The van der Waals surface area contributed by atoms with Crippen LogP contribution in [0.1, 0.15) is 116 Å². The maximum atomic E-state index is 12.8. The number of carbonyl (C=O) groups is 1. The highest BCUT2D eigenvalue weighted by atomic mass is 31.1. The summed E-state index contributed by atoms with van der Waals surface area (Å²) in [6.45, 7) is 3.18. The van der Waals surface area contributed by atoms with E-state index in [1.54, 1.807) is 0 Å². The molecule has 2 aromatic rings. The SMILES string of the molecule is CCCCCCCCCCCCCCCCCCN(C)C(=O)CCP(c1ccccc1)c1ccccc1. The molecule has 0 aliphatic heterocycles. The van der Waals surface area contributed by atoms with E-state index in [0.29, 0.717) is 12.3 Å².